The molecular weight excluding hydrogens is 500 g/mol. The average molecular weight is 533 g/mol. The highest BCUT2D eigenvalue weighted by molar-refractivity contribution is 6.34. The number of ether oxygens (including phenoxy) is 5. The maximum atomic E-state index is 13.4. The third kappa shape index (κ3) is 4.80. The summed E-state index contributed by atoms with van der Waals surface area (Å²) in [6.07, 6.45) is 3.24. The first-order valence-electron chi connectivity index (χ1n) is 12.7. The van der Waals surface area contributed by atoms with Gasteiger partial charge in [-0.15, -0.1) is 0 Å². The molecule has 1 aromatic carbocycles. The minimum absolute atomic E-state index is 0.0610. The van der Waals surface area contributed by atoms with E-state index in [1.54, 1.807) is 6.92 Å². The first-order valence-corrected chi connectivity index (χ1v) is 13.1. The highest BCUT2D eigenvalue weighted by Crippen LogP contribution is 2.50. The van der Waals surface area contributed by atoms with E-state index in [1.165, 1.54) is 7.11 Å². The molecule has 0 radical (unpaired) electrons. The van der Waals surface area contributed by atoms with Crippen LogP contribution < -0.4 is 25.1 Å². The number of aromatic nitrogens is 1. The lowest BCUT2D eigenvalue weighted by Crippen LogP contribution is -2.43. The Morgan fingerprint density at radius 1 is 1.19 bits per heavy atom. The van der Waals surface area contributed by atoms with Gasteiger partial charge in [0.1, 0.15) is 17.7 Å². The van der Waals surface area contributed by atoms with Crippen LogP contribution in [0.1, 0.15) is 58.4 Å². The third-order valence-corrected chi connectivity index (χ3v) is 8.03. The number of halogens is 1. The zero-order chi connectivity index (χ0) is 26.3. The first-order chi connectivity index (χ1) is 17.7. The molecule has 3 aliphatic rings. The van der Waals surface area contributed by atoms with Crippen LogP contribution in [0.3, 0.4) is 0 Å². The molecule has 37 heavy (non-hydrogen) atoms. The lowest BCUT2D eigenvalue weighted by atomic mass is 9.81. The van der Waals surface area contributed by atoms with Crippen LogP contribution in [0, 0.1) is 26.7 Å². The number of amides is 1. The van der Waals surface area contributed by atoms with Crippen molar-refractivity contribution in [2.45, 2.75) is 64.9 Å². The summed E-state index contributed by atoms with van der Waals surface area (Å²) in [6.45, 7) is 7.15. The van der Waals surface area contributed by atoms with E-state index in [2.05, 4.69) is 10.3 Å². The van der Waals surface area contributed by atoms with Crippen molar-refractivity contribution in [2.75, 3.05) is 26.9 Å². The Morgan fingerprint density at radius 3 is 2.54 bits per heavy atom. The SMILES string of the molecule is COc1c(Cl)c2c(c(C)c1C(=O)NCc1c(C)cc(C)[nH]c1=O)O[C@@H](C1CCC3(CC1)OCCO3)CO2. The second-order valence-electron chi connectivity index (χ2n) is 10.0. The van der Waals surface area contributed by atoms with Crippen LogP contribution in [-0.2, 0) is 16.0 Å². The molecule has 0 bridgehead atoms. The molecule has 2 fully saturated rings. The van der Waals surface area contributed by atoms with Gasteiger partial charge in [-0.2, -0.15) is 0 Å². The van der Waals surface area contributed by atoms with E-state index in [-0.39, 0.29) is 40.5 Å². The van der Waals surface area contributed by atoms with Crippen molar-refractivity contribution < 1.29 is 28.5 Å². The third-order valence-electron chi connectivity index (χ3n) is 7.69. The summed E-state index contributed by atoms with van der Waals surface area (Å²) >= 11 is 6.65. The van der Waals surface area contributed by atoms with Gasteiger partial charge in [-0.05, 0) is 51.2 Å². The van der Waals surface area contributed by atoms with E-state index in [9.17, 15) is 9.59 Å². The van der Waals surface area contributed by atoms with Crippen molar-refractivity contribution in [3.63, 3.8) is 0 Å². The van der Waals surface area contributed by atoms with Crippen LogP contribution in [0.25, 0.3) is 0 Å². The van der Waals surface area contributed by atoms with Crippen LogP contribution >= 0.6 is 11.6 Å². The molecule has 9 nitrogen and oxygen atoms in total. The Labute approximate surface area is 220 Å². The van der Waals surface area contributed by atoms with Crippen LogP contribution in [0.4, 0.5) is 0 Å². The van der Waals surface area contributed by atoms with Crippen LogP contribution in [0.5, 0.6) is 17.2 Å². The zero-order valence-electron chi connectivity index (χ0n) is 21.6. The van der Waals surface area contributed by atoms with Crippen molar-refractivity contribution in [3.05, 3.63) is 49.4 Å². The van der Waals surface area contributed by atoms with Crippen molar-refractivity contribution in [1.29, 1.82) is 0 Å². The molecule has 2 aromatic rings. The summed E-state index contributed by atoms with van der Waals surface area (Å²) in [6, 6.07) is 1.87. The average Bonchev–Trinajstić information content (AvgIpc) is 3.33. The molecule has 1 saturated heterocycles. The van der Waals surface area contributed by atoms with E-state index in [1.807, 2.05) is 19.9 Å². The van der Waals surface area contributed by atoms with Crippen molar-refractivity contribution >= 4 is 17.5 Å². The lowest BCUT2D eigenvalue weighted by molar-refractivity contribution is -0.187. The number of hydrogen-bond donors (Lipinski definition) is 2. The fraction of sp³-hybridized carbons (Fsp3) is 0.556. The van der Waals surface area contributed by atoms with Gasteiger partial charge in [-0.3, -0.25) is 9.59 Å². The molecule has 1 amide bonds. The number of carbonyl (C=O) groups excluding carboxylic acids is 1. The molecule has 200 valence electrons. The Kier molecular flexibility index (Phi) is 7.13. The fourth-order valence-electron chi connectivity index (χ4n) is 5.68. The molecule has 2 aliphatic heterocycles. The largest absolute Gasteiger partial charge is 0.494 e. The van der Waals surface area contributed by atoms with Crippen LogP contribution in [0.2, 0.25) is 5.02 Å². The molecule has 1 aromatic heterocycles. The predicted octanol–water partition coefficient (Wildman–Crippen LogP) is 3.97. The maximum Gasteiger partial charge on any atom is 0.255 e. The molecule has 10 heteroatoms. The molecule has 5 rings (SSSR count). The summed E-state index contributed by atoms with van der Waals surface area (Å²) in [5.41, 5.74) is 2.65. The summed E-state index contributed by atoms with van der Waals surface area (Å²) in [5.74, 6) is 0.440. The monoisotopic (exact) mass is 532 g/mol. The zero-order valence-corrected chi connectivity index (χ0v) is 22.4. The quantitative estimate of drug-likeness (QED) is 0.600. The summed E-state index contributed by atoms with van der Waals surface area (Å²) in [4.78, 5) is 28.6. The smallest absolute Gasteiger partial charge is 0.255 e. The molecule has 1 aliphatic carbocycles. The van der Waals surface area contributed by atoms with E-state index in [4.69, 9.17) is 35.3 Å². The first kappa shape index (κ1) is 25.9. The van der Waals surface area contributed by atoms with Gasteiger partial charge in [0.05, 0.1) is 25.9 Å². The number of benzene rings is 1. The molecule has 1 atom stereocenters. The van der Waals surface area contributed by atoms with Gasteiger partial charge in [0, 0.05) is 36.2 Å². The minimum atomic E-state index is -0.445. The number of aromatic amines is 1. The van der Waals surface area contributed by atoms with Crippen LogP contribution in [-0.4, -0.2) is 49.7 Å². The number of rotatable bonds is 5. The maximum absolute atomic E-state index is 13.4. The highest BCUT2D eigenvalue weighted by Gasteiger charge is 2.44. The van der Waals surface area contributed by atoms with Gasteiger partial charge in [-0.1, -0.05) is 11.6 Å². The Balaban J connectivity index is 1.37. The van der Waals surface area contributed by atoms with Crippen molar-refractivity contribution in [2.24, 2.45) is 5.92 Å². The normalized spacial score (nSPS) is 20.7. The number of aryl methyl sites for hydroxylation is 2. The molecule has 1 spiro atoms. The predicted molar refractivity (Wildman–Crippen MR) is 137 cm³/mol. The van der Waals surface area contributed by atoms with E-state index < -0.39 is 11.7 Å². The minimum Gasteiger partial charge on any atom is -0.494 e. The number of pyridine rings is 1. The molecule has 0 unspecified atom stereocenters. The van der Waals surface area contributed by atoms with Crippen molar-refractivity contribution in [3.8, 4) is 17.2 Å². The summed E-state index contributed by atoms with van der Waals surface area (Å²) in [7, 11) is 1.45. The van der Waals surface area contributed by atoms with E-state index >= 15 is 0 Å². The van der Waals surface area contributed by atoms with Gasteiger partial charge < -0.3 is 34.0 Å². The lowest BCUT2D eigenvalue weighted by Gasteiger charge is -2.40. The Morgan fingerprint density at radius 2 is 1.89 bits per heavy atom. The number of fused-ring (bicyclic) bond motifs is 1. The second kappa shape index (κ2) is 10.2. The van der Waals surface area contributed by atoms with E-state index in [0.29, 0.717) is 42.4 Å². The fourth-order valence-corrected chi connectivity index (χ4v) is 5.99. The highest BCUT2D eigenvalue weighted by atomic mass is 35.5. The van der Waals surface area contributed by atoms with Gasteiger partial charge in [0.2, 0.25) is 0 Å². The Bertz CT molecular complexity index is 1260. The number of nitrogens with one attached hydrogen (secondary N) is 2. The second-order valence-corrected chi connectivity index (χ2v) is 10.4. The van der Waals surface area contributed by atoms with Gasteiger partial charge >= 0.3 is 0 Å². The molecular formula is C27H33ClN2O7. The summed E-state index contributed by atoms with van der Waals surface area (Å²) in [5, 5.41) is 3.03. The topological polar surface area (TPSA) is 108 Å². The standard InChI is InChI=1S/C27H33ClN2O7/c1-14-11-15(2)30-25(31)18(14)12-29-26(32)20-16(3)22-24(21(28)23(20)33-4)34-13-19(37-22)17-5-7-27(8-6-17)35-9-10-36-27/h11,17,19H,5-10,12-13H2,1-4H3,(H,29,32)(H,30,31)/t19-/m1/s1. The van der Waals surface area contributed by atoms with Crippen molar-refractivity contribution in [1.82, 2.24) is 10.3 Å². The number of H-pyrrole nitrogens is 1. The summed E-state index contributed by atoms with van der Waals surface area (Å²) < 4.78 is 29.8. The molecule has 3 heterocycles. The number of methoxy groups -OCH3 is 1. The molecule has 2 N–H and O–H groups in total. The van der Waals surface area contributed by atoms with Gasteiger partial charge in [0.25, 0.3) is 11.5 Å². The van der Waals surface area contributed by atoms with Gasteiger partial charge in [0.15, 0.2) is 23.0 Å². The number of carbonyl (C=O) groups is 1. The molecule has 1 saturated carbocycles. The van der Waals surface area contributed by atoms with E-state index in [0.717, 1.165) is 36.9 Å². The van der Waals surface area contributed by atoms with Crippen LogP contribution in [0.15, 0.2) is 10.9 Å². The number of hydrogen-bond acceptors (Lipinski definition) is 7. The Hall–Kier alpha value is -2.75. The van der Waals surface area contributed by atoms with Gasteiger partial charge in [-0.25, -0.2) is 0 Å².